The van der Waals surface area contributed by atoms with Crippen LogP contribution in [0, 0.1) is 5.82 Å². The molecule has 0 radical (unpaired) electrons. The molecule has 2 aromatic rings. The molecule has 2 rings (SSSR count). The first kappa shape index (κ1) is 13.0. The molecule has 0 heterocycles. The zero-order chi connectivity index (χ0) is 13.1. The first-order valence-corrected chi connectivity index (χ1v) is 6.71. The molecule has 0 spiro atoms. The molecule has 0 saturated carbocycles. The number of rotatable bonds is 3. The SMILES string of the molecule is CC(C)c1ccc(Sc2cccc(F)c2N)cc1. The van der Waals surface area contributed by atoms with Gasteiger partial charge in [0.05, 0.1) is 5.69 Å². The normalized spacial score (nSPS) is 10.9. The number of para-hydroxylation sites is 1. The van der Waals surface area contributed by atoms with Crippen LogP contribution >= 0.6 is 11.8 Å². The molecular formula is C15H16FNS. The van der Waals surface area contributed by atoms with Crippen molar-refractivity contribution in [3.8, 4) is 0 Å². The Kier molecular flexibility index (Phi) is 3.92. The standard InChI is InChI=1S/C15H16FNS/c1-10(2)11-6-8-12(9-7-11)18-14-5-3-4-13(16)15(14)17/h3-10H,17H2,1-2H3. The summed E-state index contributed by atoms with van der Waals surface area (Å²) >= 11 is 1.48. The maximum atomic E-state index is 13.3. The van der Waals surface area contributed by atoms with Gasteiger partial charge in [0, 0.05) is 9.79 Å². The zero-order valence-corrected chi connectivity index (χ0v) is 11.3. The van der Waals surface area contributed by atoms with Crippen molar-refractivity contribution >= 4 is 17.4 Å². The lowest BCUT2D eigenvalue weighted by Gasteiger charge is -2.08. The van der Waals surface area contributed by atoms with E-state index in [1.54, 1.807) is 6.07 Å². The number of hydrogen-bond acceptors (Lipinski definition) is 2. The highest BCUT2D eigenvalue weighted by atomic mass is 32.2. The van der Waals surface area contributed by atoms with Crippen molar-refractivity contribution in [2.24, 2.45) is 0 Å². The van der Waals surface area contributed by atoms with Crippen LogP contribution in [-0.4, -0.2) is 0 Å². The lowest BCUT2D eigenvalue weighted by atomic mass is 10.0. The average molecular weight is 261 g/mol. The highest BCUT2D eigenvalue weighted by Crippen LogP contribution is 2.33. The molecule has 0 fully saturated rings. The van der Waals surface area contributed by atoms with Crippen LogP contribution in [0.5, 0.6) is 0 Å². The molecule has 1 nitrogen and oxygen atoms in total. The minimum atomic E-state index is -0.362. The van der Waals surface area contributed by atoms with Gasteiger partial charge < -0.3 is 5.73 Å². The van der Waals surface area contributed by atoms with Crippen molar-refractivity contribution in [3.63, 3.8) is 0 Å². The second-order valence-corrected chi connectivity index (χ2v) is 5.59. The van der Waals surface area contributed by atoms with Crippen molar-refractivity contribution in [1.29, 1.82) is 0 Å². The first-order valence-electron chi connectivity index (χ1n) is 5.89. The second-order valence-electron chi connectivity index (χ2n) is 4.48. The molecule has 2 aromatic carbocycles. The van der Waals surface area contributed by atoms with E-state index in [2.05, 4.69) is 26.0 Å². The number of hydrogen-bond donors (Lipinski definition) is 1. The van der Waals surface area contributed by atoms with Crippen molar-refractivity contribution in [3.05, 3.63) is 53.8 Å². The maximum absolute atomic E-state index is 13.3. The molecule has 0 aliphatic heterocycles. The largest absolute Gasteiger partial charge is 0.395 e. The van der Waals surface area contributed by atoms with Crippen LogP contribution in [0.2, 0.25) is 0 Å². The maximum Gasteiger partial charge on any atom is 0.147 e. The Hall–Kier alpha value is -1.48. The van der Waals surface area contributed by atoms with Gasteiger partial charge in [0.25, 0.3) is 0 Å². The number of nitrogen functional groups attached to an aromatic ring is 1. The molecule has 2 N–H and O–H groups in total. The summed E-state index contributed by atoms with van der Waals surface area (Å²) in [5.74, 6) is 0.155. The fourth-order valence-electron chi connectivity index (χ4n) is 1.65. The summed E-state index contributed by atoms with van der Waals surface area (Å²) in [6.45, 7) is 4.32. The molecule has 3 heteroatoms. The fraction of sp³-hybridized carbons (Fsp3) is 0.200. The predicted octanol–water partition coefficient (Wildman–Crippen LogP) is 4.68. The first-order chi connectivity index (χ1) is 8.58. The Morgan fingerprint density at radius 1 is 1.06 bits per heavy atom. The Balaban J connectivity index is 2.21. The molecule has 0 atom stereocenters. The third kappa shape index (κ3) is 2.85. The molecule has 0 saturated heterocycles. The van der Waals surface area contributed by atoms with Gasteiger partial charge in [-0.05, 0) is 35.7 Å². The number of benzene rings is 2. The Bertz CT molecular complexity index is 535. The van der Waals surface area contributed by atoms with Gasteiger partial charge in [0.1, 0.15) is 5.82 Å². The van der Waals surface area contributed by atoms with Crippen molar-refractivity contribution in [1.82, 2.24) is 0 Å². The van der Waals surface area contributed by atoms with E-state index in [9.17, 15) is 4.39 Å². The lowest BCUT2D eigenvalue weighted by Crippen LogP contribution is -1.92. The third-order valence-electron chi connectivity index (χ3n) is 2.79. The Labute approximate surface area is 111 Å². The van der Waals surface area contributed by atoms with E-state index < -0.39 is 0 Å². The molecule has 0 aromatic heterocycles. The van der Waals surface area contributed by atoms with Gasteiger partial charge in [-0.25, -0.2) is 4.39 Å². The van der Waals surface area contributed by atoms with Gasteiger partial charge in [0.2, 0.25) is 0 Å². The number of anilines is 1. The van der Waals surface area contributed by atoms with E-state index >= 15 is 0 Å². The molecule has 0 aliphatic carbocycles. The summed E-state index contributed by atoms with van der Waals surface area (Å²) in [5.41, 5.74) is 7.23. The summed E-state index contributed by atoms with van der Waals surface area (Å²) < 4.78 is 13.3. The van der Waals surface area contributed by atoms with Crippen LogP contribution in [0.3, 0.4) is 0 Å². The molecule has 0 aliphatic rings. The third-order valence-corrected chi connectivity index (χ3v) is 3.87. The van der Waals surface area contributed by atoms with E-state index in [0.717, 1.165) is 9.79 Å². The van der Waals surface area contributed by atoms with Gasteiger partial charge in [0.15, 0.2) is 0 Å². The molecule has 18 heavy (non-hydrogen) atoms. The van der Waals surface area contributed by atoms with Crippen LogP contribution < -0.4 is 5.73 Å². The van der Waals surface area contributed by atoms with Crippen LogP contribution in [0.4, 0.5) is 10.1 Å². The minimum absolute atomic E-state index is 0.218. The van der Waals surface area contributed by atoms with Crippen LogP contribution in [0.15, 0.2) is 52.3 Å². The van der Waals surface area contributed by atoms with Gasteiger partial charge in [-0.2, -0.15) is 0 Å². The average Bonchev–Trinajstić information content (AvgIpc) is 2.36. The second kappa shape index (κ2) is 5.44. The zero-order valence-electron chi connectivity index (χ0n) is 10.5. The fourth-order valence-corrected chi connectivity index (χ4v) is 2.53. The molecular weight excluding hydrogens is 245 g/mol. The quantitative estimate of drug-likeness (QED) is 0.812. The van der Waals surface area contributed by atoms with E-state index in [-0.39, 0.29) is 11.5 Å². The van der Waals surface area contributed by atoms with E-state index in [1.807, 2.05) is 18.2 Å². The van der Waals surface area contributed by atoms with Crippen LogP contribution in [0.1, 0.15) is 25.3 Å². The monoisotopic (exact) mass is 261 g/mol. The smallest absolute Gasteiger partial charge is 0.147 e. The molecule has 94 valence electrons. The Morgan fingerprint density at radius 3 is 2.33 bits per heavy atom. The van der Waals surface area contributed by atoms with Gasteiger partial charge in [-0.3, -0.25) is 0 Å². The summed E-state index contributed by atoms with van der Waals surface area (Å²) in [5, 5.41) is 0. The van der Waals surface area contributed by atoms with Crippen LogP contribution in [-0.2, 0) is 0 Å². The van der Waals surface area contributed by atoms with E-state index in [4.69, 9.17) is 5.73 Å². The van der Waals surface area contributed by atoms with Crippen molar-refractivity contribution < 1.29 is 4.39 Å². The summed E-state index contributed by atoms with van der Waals surface area (Å²) in [7, 11) is 0. The van der Waals surface area contributed by atoms with Gasteiger partial charge >= 0.3 is 0 Å². The van der Waals surface area contributed by atoms with Crippen LogP contribution in [0.25, 0.3) is 0 Å². The highest BCUT2D eigenvalue weighted by molar-refractivity contribution is 7.99. The number of nitrogens with two attached hydrogens (primary N) is 1. The summed E-state index contributed by atoms with van der Waals surface area (Å²) in [6.07, 6.45) is 0. The van der Waals surface area contributed by atoms with Crippen molar-refractivity contribution in [2.75, 3.05) is 5.73 Å². The molecule has 0 amide bonds. The topological polar surface area (TPSA) is 26.0 Å². The lowest BCUT2D eigenvalue weighted by molar-refractivity contribution is 0.629. The van der Waals surface area contributed by atoms with E-state index in [1.165, 1.54) is 23.4 Å². The highest BCUT2D eigenvalue weighted by Gasteiger charge is 2.06. The van der Waals surface area contributed by atoms with Gasteiger partial charge in [-0.15, -0.1) is 0 Å². The number of halogens is 1. The summed E-state index contributed by atoms with van der Waals surface area (Å²) in [4.78, 5) is 1.82. The summed E-state index contributed by atoms with van der Waals surface area (Å²) in [6, 6.07) is 13.2. The van der Waals surface area contributed by atoms with Crippen molar-refractivity contribution in [2.45, 2.75) is 29.6 Å². The predicted molar refractivity (Wildman–Crippen MR) is 75.5 cm³/mol. The van der Waals surface area contributed by atoms with E-state index in [0.29, 0.717) is 5.92 Å². The molecule has 0 bridgehead atoms. The Morgan fingerprint density at radius 2 is 1.72 bits per heavy atom. The minimum Gasteiger partial charge on any atom is -0.395 e. The molecule has 0 unspecified atom stereocenters. The van der Waals surface area contributed by atoms with Gasteiger partial charge in [-0.1, -0.05) is 43.8 Å².